The highest BCUT2D eigenvalue weighted by Crippen LogP contribution is 2.12. The second-order valence-electron chi connectivity index (χ2n) is 7.24. The Bertz CT molecular complexity index is 918. The van der Waals surface area contributed by atoms with E-state index in [4.69, 9.17) is 21.1 Å². The molecule has 0 aromatic heterocycles. The third-order valence-corrected chi connectivity index (χ3v) is 4.43. The van der Waals surface area contributed by atoms with E-state index in [0.29, 0.717) is 5.56 Å². The minimum Gasteiger partial charge on any atom is -0.508 e. The second-order valence-corrected chi connectivity index (χ2v) is 7.24. The maximum Gasteiger partial charge on any atom is 0.322 e. The molecule has 9 N–H and O–H groups in total. The molecule has 0 saturated heterocycles. The lowest BCUT2D eigenvalue weighted by atomic mass is 10.0. The molecule has 1 rings (SSSR count). The van der Waals surface area contributed by atoms with Crippen molar-refractivity contribution in [1.29, 1.82) is 0 Å². The second kappa shape index (κ2) is 13.4. The van der Waals surface area contributed by atoms with Crippen LogP contribution >= 0.6 is 0 Å². The predicted molar refractivity (Wildman–Crippen MR) is 113 cm³/mol. The molecule has 186 valence electrons. The van der Waals surface area contributed by atoms with Gasteiger partial charge in [-0.3, -0.25) is 28.8 Å². The van der Waals surface area contributed by atoms with Crippen LogP contribution in [-0.4, -0.2) is 80.7 Å². The smallest absolute Gasteiger partial charge is 0.322 e. The zero-order valence-electron chi connectivity index (χ0n) is 17.9. The van der Waals surface area contributed by atoms with Gasteiger partial charge in [0.15, 0.2) is 0 Å². The third-order valence-electron chi connectivity index (χ3n) is 4.43. The van der Waals surface area contributed by atoms with Crippen molar-refractivity contribution in [3.63, 3.8) is 0 Å². The highest BCUT2D eigenvalue weighted by Gasteiger charge is 2.29. The maximum absolute atomic E-state index is 12.8. The highest BCUT2D eigenvalue weighted by molar-refractivity contribution is 5.94. The average Bonchev–Trinajstić information content (AvgIpc) is 2.74. The Labute approximate surface area is 193 Å². The van der Waals surface area contributed by atoms with Gasteiger partial charge in [0.1, 0.15) is 24.4 Å². The van der Waals surface area contributed by atoms with Gasteiger partial charge in [0.05, 0.1) is 12.5 Å². The van der Waals surface area contributed by atoms with E-state index >= 15 is 0 Å². The first-order chi connectivity index (χ1) is 15.9. The fraction of sp³-hybridized carbons (Fsp3) is 0.400. The summed E-state index contributed by atoms with van der Waals surface area (Å²) < 4.78 is 0. The summed E-state index contributed by atoms with van der Waals surface area (Å²) in [5.74, 6) is -6.87. The summed E-state index contributed by atoms with van der Waals surface area (Å²) >= 11 is 0. The number of hydrogen-bond donors (Lipinski definition) is 8. The van der Waals surface area contributed by atoms with Crippen LogP contribution in [-0.2, 0) is 35.2 Å². The van der Waals surface area contributed by atoms with E-state index in [1.54, 1.807) is 0 Å². The van der Waals surface area contributed by atoms with E-state index in [2.05, 4.69) is 16.0 Å². The minimum atomic E-state index is -1.51. The molecule has 1 aromatic rings. The number of amides is 3. The van der Waals surface area contributed by atoms with Crippen molar-refractivity contribution < 1.29 is 49.2 Å². The van der Waals surface area contributed by atoms with Crippen LogP contribution in [0.15, 0.2) is 24.3 Å². The lowest BCUT2D eigenvalue weighted by Gasteiger charge is -2.24. The summed E-state index contributed by atoms with van der Waals surface area (Å²) in [5, 5.41) is 42.5. The quantitative estimate of drug-likeness (QED) is 0.141. The van der Waals surface area contributed by atoms with Crippen LogP contribution in [0.2, 0.25) is 0 Å². The van der Waals surface area contributed by atoms with Gasteiger partial charge in [0.2, 0.25) is 17.7 Å². The number of carboxylic acids is 3. The number of phenolic OH excluding ortho intramolecular Hbond substituents is 1. The number of nitrogens with one attached hydrogen (secondary N) is 3. The van der Waals surface area contributed by atoms with Crippen LogP contribution in [0.5, 0.6) is 5.75 Å². The summed E-state index contributed by atoms with van der Waals surface area (Å²) in [4.78, 5) is 70.0. The molecule has 3 atom stereocenters. The van der Waals surface area contributed by atoms with Gasteiger partial charge >= 0.3 is 17.9 Å². The van der Waals surface area contributed by atoms with Crippen LogP contribution in [0.4, 0.5) is 0 Å². The SMILES string of the molecule is NC(CC(=O)O)C(=O)NC(CCC(=O)O)C(=O)NC(Cc1ccc(O)cc1)C(=O)NCC(=O)O. The molecule has 0 spiro atoms. The molecule has 0 heterocycles. The lowest BCUT2D eigenvalue weighted by molar-refractivity contribution is -0.140. The Morgan fingerprint density at radius 1 is 0.794 bits per heavy atom. The van der Waals surface area contributed by atoms with E-state index in [1.807, 2.05) is 0 Å². The lowest BCUT2D eigenvalue weighted by Crippen LogP contribution is -2.56. The van der Waals surface area contributed by atoms with Crippen molar-refractivity contribution in [2.45, 2.75) is 43.8 Å². The number of carbonyl (C=O) groups is 6. The fourth-order valence-electron chi connectivity index (χ4n) is 2.73. The molecular formula is C20H26N4O10. The van der Waals surface area contributed by atoms with Gasteiger partial charge in [0, 0.05) is 12.8 Å². The number of rotatable bonds is 14. The van der Waals surface area contributed by atoms with Gasteiger partial charge in [0.25, 0.3) is 0 Å². The molecule has 0 bridgehead atoms. The van der Waals surface area contributed by atoms with Crippen molar-refractivity contribution >= 4 is 35.6 Å². The Hall–Kier alpha value is -4.20. The van der Waals surface area contributed by atoms with Crippen molar-refractivity contribution in [3.8, 4) is 5.75 Å². The number of benzene rings is 1. The first-order valence-electron chi connectivity index (χ1n) is 9.96. The molecule has 14 heteroatoms. The standard InChI is InChI=1S/C20H26N4O10/c21-12(8-16(28)29)18(32)23-13(5-6-15(26)27)20(34)24-14(19(33)22-9-17(30)31)7-10-1-3-11(25)4-2-10/h1-4,12-14,25H,5-9,21H2,(H,22,33)(H,23,32)(H,24,34)(H,26,27)(H,28,29)(H,30,31). The highest BCUT2D eigenvalue weighted by atomic mass is 16.4. The van der Waals surface area contributed by atoms with Gasteiger partial charge in [-0.25, -0.2) is 0 Å². The molecule has 34 heavy (non-hydrogen) atoms. The Morgan fingerprint density at radius 3 is 1.91 bits per heavy atom. The van der Waals surface area contributed by atoms with E-state index < -0.39 is 79.6 Å². The molecule has 0 aliphatic heterocycles. The molecule has 0 aliphatic rings. The molecule has 1 aromatic carbocycles. The number of aromatic hydroxyl groups is 1. The number of phenols is 1. The van der Waals surface area contributed by atoms with Crippen LogP contribution in [0.1, 0.15) is 24.8 Å². The van der Waals surface area contributed by atoms with Crippen LogP contribution in [0.25, 0.3) is 0 Å². The van der Waals surface area contributed by atoms with Crippen LogP contribution in [0, 0.1) is 0 Å². The van der Waals surface area contributed by atoms with Crippen molar-refractivity contribution in [2.24, 2.45) is 5.73 Å². The van der Waals surface area contributed by atoms with Crippen molar-refractivity contribution in [2.75, 3.05) is 6.54 Å². The number of carbonyl (C=O) groups excluding carboxylic acids is 3. The van der Waals surface area contributed by atoms with E-state index in [1.165, 1.54) is 24.3 Å². The molecule has 0 saturated carbocycles. The molecule has 0 radical (unpaired) electrons. The molecule has 14 nitrogen and oxygen atoms in total. The van der Waals surface area contributed by atoms with Gasteiger partial charge in [-0.2, -0.15) is 0 Å². The summed E-state index contributed by atoms with van der Waals surface area (Å²) in [7, 11) is 0. The van der Waals surface area contributed by atoms with Gasteiger partial charge in [-0.1, -0.05) is 12.1 Å². The summed E-state index contributed by atoms with van der Waals surface area (Å²) in [5.41, 5.74) is 5.96. The summed E-state index contributed by atoms with van der Waals surface area (Å²) in [6.45, 7) is -0.732. The minimum absolute atomic E-state index is 0.0474. The maximum atomic E-state index is 12.8. The monoisotopic (exact) mass is 482 g/mol. The first kappa shape index (κ1) is 27.8. The van der Waals surface area contributed by atoms with Crippen LogP contribution in [0.3, 0.4) is 0 Å². The number of aliphatic carboxylic acids is 3. The van der Waals surface area contributed by atoms with Gasteiger partial charge in [-0.05, 0) is 24.1 Å². The Morgan fingerprint density at radius 2 is 1.38 bits per heavy atom. The van der Waals surface area contributed by atoms with Gasteiger partial charge in [-0.15, -0.1) is 0 Å². The molecule has 0 aliphatic carbocycles. The topological polar surface area (TPSA) is 245 Å². The van der Waals surface area contributed by atoms with Crippen LogP contribution < -0.4 is 21.7 Å². The number of carboxylic acid groups (broad SMARTS) is 3. The third kappa shape index (κ3) is 10.4. The largest absolute Gasteiger partial charge is 0.508 e. The molecular weight excluding hydrogens is 456 g/mol. The fourth-order valence-corrected chi connectivity index (χ4v) is 2.73. The van der Waals surface area contributed by atoms with Gasteiger partial charge < -0.3 is 42.1 Å². The molecule has 0 fully saturated rings. The Balaban J connectivity index is 3.05. The predicted octanol–water partition coefficient (Wildman–Crippen LogP) is -2.23. The van der Waals surface area contributed by atoms with Crippen molar-refractivity contribution in [3.05, 3.63) is 29.8 Å². The average molecular weight is 482 g/mol. The first-order valence-corrected chi connectivity index (χ1v) is 9.96. The molecule has 3 unspecified atom stereocenters. The molecule has 3 amide bonds. The summed E-state index contributed by atoms with van der Waals surface area (Å²) in [6.07, 6.45) is -1.80. The van der Waals surface area contributed by atoms with Crippen molar-refractivity contribution in [1.82, 2.24) is 16.0 Å². The number of nitrogens with two attached hydrogens (primary N) is 1. The zero-order valence-corrected chi connectivity index (χ0v) is 17.9. The van der Waals surface area contributed by atoms with E-state index in [0.717, 1.165) is 0 Å². The zero-order chi connectivity index (χ0) is 25.8. The van der Waals surface area contributed by atoms with E-state index in [9.17, 15) is 33.9 Å². The Kier molecular flexibility index (Phi) is 10.9. The summed E-state index contributed by atoms with van der Waals surface area (Å²) in [6, 6.07) is 1.29. The van der Waals surface area contributed by atoms with E-state index in [-0.39, 0.29) is 12.2 Å². The number of hydrogen-bond acceptors (Lipinski definition) is 8. The normalized spacial score (nSPS) is 13.1.